The second-order valence-corrected chi connectivity index (χ2v) is 9.02. The maximum atomic E-state index is 13.0. The Labute approximate surface area is 188 Å². The number of thioether (sulfide) groups is 1. The van der Waals surface area contributed by atoms with Gasteiger partial charge in [-0.15, -0.1) is 10.2 Å². The van der Waals surface area contributed by atoms with Crippen LogP contribution in [0.1, 0.15) is 43.7 Å². The fourth-order valence-electron chi connectivity index (χ4n) is 4.11. The second-order valence-electron chi connectivity index (χ2n) is 8.08. The van der Waals surface area contributed by atoms with E-state index in [0.29, 0.717) is 11.8 Å². The molecule has 3 heterocycles. The predicted octanol–water partition coefficient (Wildman–Crippen LogP) is 4.83. The van der Waals surface area contributed by atoms with Crippen molar-refractivity contribution < 1.29 is 4.79 Å². The molecule has 1 saturated heterocycles. The normalized spacial score (nSPS) is 16.5. The quantitative estimate of drug-likeness (QED) is 0.519. The Morgan fingerprint density at radius 2 is 1.90 bits per heavy atom. The average molecular weight is 436 g/mol. The van der Waals surface area contributed by atoms with Crippen LogP contribution in [0.2, 0.25) is 0 Å². The summed E-state index contributed by atoms with van der Waals surface area (Å²) in [6.07, 6.45) is 7.95. The standard InChI is InChI=1S/C24H29N5OS/c1-4-20-7-5-6-14-28(20)22(30)16-31-24-27-26-23(19-10-12-25-13-11-19)29(24)21-9-8-17(2)18(3)15-21/h8-13,15,20H,4-7,14,16H2,1-3H3. The Morgan fingerprint density at radius 3 is 2.65 bits per heavy atom. The van der Waals surface area contributed by atoms with E-state index in [0.717, 1.165) is 48.0 Å². The van der Waals surface area contributed by atoms with Crippen LogP contribution in [0.25, 0.3) is 17.1 Å². The fraction of sp³-hybridized carbons (Fsp3) is 0.417. The molecule has 1 amide bonds. The van der Waals surface area contributed by atoms with E-state index in [-0.39, 0.29) is 5.91 Å². The van der Waals surface area contributed by atoms with Crippen molar-refractivity contribution in [2.75, 3.05) is 12.3 Å². The molecule has 0 N–H and O–H groups in total. The Morgan fingerprint density at radius 1 is 1.10 bits per heavy atom. The highest BCUT2D eigenvalue weighted by atomic mass is 32.2. The lowest BCUT2D eigenvalue weighted by molar-refractivity contribution is -0.132. The number of carbonyl (C=O) groups is 1. The number of pyridine rings is 1. The predicted molar refractivity (Wildman–Crippen MR) is 124 cm³/mol. The van der Waals surface area contributed by atoms with E-state index in [1.54, 1.807) is 12.4 Å². The van der Waals surface area contributed by atoms with E-state index in [1.165, 1.54) is 29.3 Å². The summed E-state index contributed by atoms with van der Waals surface area (Å²) in [5.41, 5.74) is 4.39. The van der Waals surface area contributed by atoms with Gasteiger partial charge in [0.05, 0.1) is 11.4 Å². The van der Waals surface area contributed by atoms with Gasteiger partial charge in [0.2, 0.25) is 5.91 Å². The highest BCUT2D eigenvalue weighted by Gasteiger charge is 2.26. The highest BCUT2D eigenvalue weighted by Crippen LogP contribution is 2.29. The Kier molecular flexibility index (Phi) is 6.70. The van der Waals surface area contributed by atoms with Crippen LogP contribution < -0.4 is 0 Å². The zero-order chi connectivity index (χ0) is 21.8. The molecule has 1 aliphatic heterocycles. The number of hydrogen-bond donors (Lipinski definition) is 0. The third-order valence-corrected chi connectivity index (χ3v) is 6.98. The van der Waals surface area contributed by atoms with Crippen LogP contribution in [-0.2, 0) is 4.79 Å². The summed E-state index contributed by atoms with van der Waals surface area (Å²) in [5, 5.41) is 9.67. The minimum Gasteiger partial charge on any atom is -0.339 e. The van der Waals surface area contributed by atoms with Crippen LogP contribution in [-0.4, -0.2) is 48.9 Å². The van der Waals surface area contributed by atoms with Crippen molar-refractivity contribution in [1.29, 1.82) is 0 Å². The molecule has 1 unspecified atom stereocenters. The largest absolute Gasteiger partial charge is 0.339 e. The van der Waals surface area contributed by atoms with Gasteiger partial charge in [-0.2, -0.15) is 0 Å². The Hall–Kier alpha value is -2.67. The van der Waals surface area contributed by atoms with Gasteiger partial charge >= 0.3 is 0 Å². The van der Waals surface area contributed by atoms with Gasteiger partial charge < -0.3 is 4.90 Å². The summed E-state index contributed by atoms with van der Waals surface area (Å²) < 4.78 is 2.05. The molecule has 0 spiro atoms. The zero-order valence-corrected chi connectivity index (χ0v) is 19.2. The number of nitrogens with zero attached hydrogens (tertiary/aromatic N) is 5. The molecule has 1 aliphatic rings. The van der Waals surface area contributed by atoms with E-state index in [1.807, 2.05) is 16.7 Å². The molecule has 1 aromatic carbocycles. The van der Waals surface area contributed by atoms with Crippen molar-refractivity contribution in [3.05, 3.63) is 53.9 Å². The molecular formula is C24H29N5OS. The van der Waals surface area contributed by atoms with Crippen LogP contribution in [0.5, 0.6) is 0 Å². The smallest absolute Gasteiger partial charge is 0.233 e. The van der Waals surface area contributed by atoms with Gasteiger partial charge in [0.1, 0.15) is 0 Å². The molecule has 162 valence electrons. The first-order valence-electron chi connectivity index (χ1n) is 10.9. The number of rotatable bonds is 6. The number of aromatic nitrogens is 4. The van der Waals surface area contributed by atoms with Crippen LogP contribution >= 0.6 is 11.8 Å². The molecule has 7 heteroatoms. The highest BCUT2D eigenvalue weighted by molar-refractivity contribution is 7.99. The van der Waals surface area contributed by atoms with Crippen molar-refractivity contribution in [2.24, 2.45) is 0 Å². The maximum Gasteiger partial charge on any atom is 0.233 e. The van der Waals surface area contributed by atoms with Crippen LogP contribution in [0, 0.1) is 13.8 Å². The number of hydrogen-bond acceptors (Lipinski definition) is 5. The van der Waals surface area contributed by atoms with Crippen molar-refractivity contribution in [2.45, 2.75) is 57.7 Å². The third-order valence-electron chi connectivity index (χ3n) is 6.06. The minimum absolute atomic E-state index is 0.191. The SMILES string of the molecule is CCC1CCCCN1C(=O)CSc1nnc(-c2ccncc2)n1-c1ccc(C)c(C)c1. The summed E-state index contributed by atoms with van der Waals surface area (Å²) in [5.74, 6) is 1.32. The monoisotopic (exact) mass is 435 g/mol. The first-order chi connectivity index (χ1) is 15.1. The molecule has 1 fully saturated rings. The minimum atomic E-state index is 0.191. The average Bonchev–Trinajstić information content (AvgIpc) is 3.23. The molecule has 1 atom stereocenters. The van der Waals surface area contributed by atoms with Gasteiger partial charge in [-0.3, -0.25) is 14.3 Å². The fourth-order valence-corrected chi connectivity index (χ4v) is 4.95. The van der Waals surface area contributed by atoms with E-state index < -0.39 is 0 Å². The van der Waals surface area contributed by atoms with E-state index in [4.69, 9.17) is 0 Å². The molecule has 0 saturated carbocycles. The molecule has 6 nitrogen and oxygen atoms in total. The Bertz CT molecular complexity index is 1050. The summed E-state index contributed by atoms with van der Waals surface area (Å²) in [6, 6.07) is 10.6. The molecule has 0 radical (unpaired) electrons. The molecular weight excluding hydrogens is 406 g/mol. The van der Waals surface area contributed by atoms with E-state index in [9.17, 15) is 4.79 Å². The summed E-state index contributed by atoms with van der Waals surface area (Å²) in [7, 11) is 0. The first kappa shape index (κ1) is 21.6. The number of aryl methyl sites for hydroxylation is 2. The van der Waals surface area contributed by atoms with Gasteiger partial charge in [0.25, 0.3) is 0 Å². The number of carbonyl (C=O) groups excluding carboxylic acids is 1. The number of benzene rings is 1. The number of piperidine rings is 1. The lowest BCUT2D eigenvalue weighted by Gasteiger charge is -2.35. The number of amides is 1. The Balaban J connectivity index is 1.64. The van der Waals surface area contributed by atoms with Crippen molar-refractivity contribution in [3.63, 3.8) is 0 Å². The molecule has 3 aromatic rings. The van der Waals surface area contributed by atoms with Gasteiger partial charge in [-0.1, -0.05) is 24.8 Å². The van der Waals surface area contributed by atoms with Crippen molar-refractivity contribution in [1.82, 2.24) is 24.6 Å². The topological polar surface area (TPSA) is 63.9 Å². The van der Waals surface area contributed by atoms with Gasteiger partial charge in [-0.05, 0) is 74.9 Å². The summed E-state index contributed by atoms with van der Waals surface area (Å²) in [6.45, 7) is 7.24. The maximum absolute atomic E-state index is 13.0. The summed E-state index contributed by atoms with van der Waals surface area (Å²) >= 11 is 1.46. The van der Waals surface area contributed by atoms with Crippen LogP contribution in [0.3, 0.4) is 0 Å². The van der Waals surface area contributed by atoms with E-state index >= 15 is 0 Å². The van der Waals surface area contributed by atoms with Gasteiger partial charge in [0, 0.05) is 30.5 Å². The van der Waals surface area contributed by atoms with Crippen LogP contribution in [0.15, 0.2) is 47.9 Å². The van der Waals surface area contributed by atoms with Crippen molar-refractivity contribution in [3.8, 4) is 17.1 Å². The molecule has 4 rings (SSSR count). The second kappa shape index (κ2) is 9.64. The molecule has 2 aromatic heterocycles. The summed E-state index contributed by atoms with van der Waals surface area (Å²) in [4.78, 5) is 19.2. The lowest BCUT2D eigenvalue weighted by Crippen LogP contribution is -2.44. The molecule has 0 aliphatic carbocycles. The van der Waals surface area contributed by atoms with Crippen molar-refractivity contribution >= 4 is 17.7 Å². The molecule has 31 heavy (non-hydrogen) atoms. The number of likely N-dealkylation sites (tertiary alicyclic amines) is 1. The lowest BCUT2D eigenvalue weighted by atomic mass is 10.0. The zero-order valence-electron chi connectivity index (χ0n) is 18.4. The third kappa shape index (κ3) is 4.66. The van der Waals surface area contributed by atoms with Gasteiger partial charge in [-0.25, -0.2) is 0 Å². The van der Waals surface area contributed by atoms with Crippen LogP contribution in [0.4, 0.5) is 0 Å². The van der Waals surface area contributed by atoms with E-state index in [2.05, 4.69) is 59.1 Å². The molecule has 0 bridgehead atoms. The first-order valence-corrected chi connectivity index (χ1v) is 11.9. The van der Waals surface area contributed by atoms with Gasteiger partial charge in [0.15, 0.2) is 11.0 Å².